The van der Waals surface area contributed by atoms with Crippen LogP contribution in [0.2, 0.25) is 5.02 Å². The van der Waals surface area contributed by atoms with Crippen molar-refractivity contribution in [3.8, 4) is 0 Å². The molecule has 0 unspecified atom stereocenters. The number of nitrogens with zero attached hydrogens (tertiary/aromatic N) is 1. The maximum Gasteiger partial charge on any atom is 0.336 e. The molecule has 1 aliphatic rings. The first-order chi connectivity index (χ1) is 14.2. The van der Waals surface area contributed by atoms with Gasteiger partial charge in [0.2, 0.25) is 5.91 Å². The highest BCUT2D eigenvalue weighted by molar-refractivity contribution is 6.30. The molecule has 1 amide bonds. The van der Waals surface area contributed by atoms with Gasteiger partial charge in [-0.3, -0.25) is 4.79 Å². The van der Waals surface area contributed by atoms with Crippen LogP contribution < -0.4 is 16.5 Å². The van der Waals surface area contributed by atoms with E-state index in [4.69, 9.17) is 22.2 Å². The molecule has 3 rings (SSSR count). The summed E-state index contributed by atoms with van der Waals surface area (Å²) < 4.78 is 38.4. The van der Waals surface area contributed by atoms with Crippen LogP contribution in [0.4, 0.5) is 18.9 Å². The van der Waals surface area contributed by atoms with Gasteiger partial charge in [-0.25, -0.2) is 4.39 Å². The molecule has 0 radical (unpaired) electrons. The lowest BCUT2D eigenvalue weighted by atomic mass is 10.00. The zero-order valence-corrected chi connectivity index (χ0v) is 16.7. The van der Waals surface area contributed by atoms with E-state index in [1.165, 1.54) is 12.1 Å². The van der Waals surface area contributed by atoms with Crippen LogP contribution in [0.5, 0.6) is 0 Å². The molecule has 6 nitrogen and oxygen atoms in total. The second-order valence-electron chi connectivity index (χ2n) is 6.91. The van der Waals surface area contributed by atoms with E-state index in [0.29, 0.717) is 22.7 Å². The Hall–Kier alpha value is -2.78. The lowest BCUT2D eigenvalue weighted by Gasteiger charge is -2.14. The Kier molecular flexibility index (Phi) is 6.84. The first kappa shape index (κ1) is 21.9. The molecule has 3 atom stereocenters. The number of hydroxylamine groups is 1. The molecular formula is C20H20ClF3N4O2. The summed E-state index contributed by atoms with van der Waals surface area (Å²) in [6.07, 6.45) is 0.511. The molecule has 0 saturated heterocycles. The number of alkyl halides is 2. The summed E-state index contributed by atoms with van der Waals surface area (Å²) >= 11 is 5.87. The third kappa shape index (κ3) is 5.64. The van der Waals surface area contributed by atoms with Gasteiger partial charge >= 0.3 is 12.6 Å². The minimum Gasteiger partial charge on any atom is -0.371 e. The molecule has 160 valence electrons. The average Bonchev–Trinajstić information content (AvgIpc) is 3.47. The van der Waals surface area contributed by atoms with Crippen molar-refractivity contribution in [2.75, 3.05) is 5.32 Å². The molecule has 0 heterocycles. The molecule has 1 aliphatic carbocycles. The van der Waals surface area contributed by atoms with E-state index in [-0.39, 0.29) is 17.9 Å². The summed E-state index contributed by atoms with van der Waals surface area (Å²) in [6.45, 7) is -1.22. The second-order valence-corrected chi connectivity index (χ2v) is 7.35. The van der Waals surface area contributed by atoms with Gasteiger partial charge < -0.3 is 15.9 Å². The van der Waals surface area contributed by atoms with Crippen molar-refractivity contribution in [3.05, 3.63) is 64.4 Å². The number of nitrogens with two attached hydrogens (primary N) is 1. The molecule has 10 heteroatoms. The van der Waals surface area contributed by atoms with E-state index in [0.717, 1.165) is 5.56 Å². The number of hydrogen-bond acceptors (Lipinski definition) is 4. The van der Waals surface area contributed by atoms with Crippen LogP contribution in [0.1, 0.15) is 36.3 Å². The van der Waals surface area contributed by atoms with E-state index in [1.54, 1.807) is 37.3 Å². The van der Waals surface area contributed by atoms with E-state index >= 15 is 0 Å². The number of rotatable bonds is 7. The molecule has 2 aromatic carbocycles. The largest absolute Gasteiger partial charge is 0.371 e. The fraction of sp³-hybridized carbons (Fsp3) is 0.300. The smallest absolute Gasteiger partial charge is 0.336 e. The topological polar surface area (TPSA) is 88.7 Å². The highest BCUT2D eigenvalue weighted by Gasteiger charge is 2.41. The molecule has 1 fully saturated rings. The number of carbonyl (C=O) groups excluding carboxylic acids is 1. The van der Waals surface area contributed by atoms with Gasteiger partial charge in [0.25, 0.3) is 0 Å². The van der Waals surface area contributed by atoms with Gasteiger partial charge in [-0.1, -0.05) is 23.7 Å². The summed E-state index contributed by atoms with van der Waals surface area (Å²) in [5.41, 5.74) is 9.29. The number of halogens is 4. The lowest BCUT2D eigenvalue weighted by Crippen LogP contribution is -2.29. The van der Waals surface area contributed by atoms with Gasteiger partial charge in [-0.15, -0.1) is 5.48 Å². The predicted molar refractivity (Wildman–Crippen MR) is 108 cm³/mol. The van der Waals surface area contributed by atoms with Gasteiger partial charge in [0.15, 0.2) is 0 Å². The number of benzene rings is 2. The van der Waals surface area contributed by atoms with Crippen molar-refractivity contribution in [2.24, 2.45) is 10.7 Å². The minimum atomic E-state index is -2.98. The minimum absolute atomic E-state index is 0.250. The zero-order valence-electron chi connectivity index (χ0n) is 15.9. The van der Waals surface area contributed by atoms with Gasteiger partial charge in [-0.2, -0.15) is 13.8 Å². The number of nitrogens with one attached hydrogen (secondary N) is 2. The highest BCUT2D eigenvalue weighted by Crippen LogP contribution is 2.42. The standard InChI is InChI=1S/C20H20ClF3N4O2/c1-10(11-2-4-12(21)5-3-11)18(29)26-13-6-7-16(22)14(8-13)15-9-17(15)28-30-20(25)27-19(23)24/h2-8,10,15,17,19,28H,9H2,1H3,(H2,25,27)(H,26,29)/t10-,15+,17+/m0/s1. The summed E-state index contributed by atoms with van der Waals surface area (Å²) in [7, 11) is 0. The fourth-order valence-electron chi connectivity index (χ4n) is 2.99. The number of aliphatic imine (C=N–C) groups is 1. The quantitative estimate of drug-likeness (QED) is 0.261. The van der Waals surface area contributed by atoms with Crippen molar-refractivity contribution in [3.63, 3.8) is 0 Å². The Morgan fingerprint density at radius 1 is 1.27 bits per heavy atom. The number of carbonyl (C=O) groups is 1. The SMILES string of the molecule is C[C@H](C(=O)Nc1ccc(F)c([C@H]2C[C@H]2NO/C(N)=N\C(F)F)c1)c1ccc(Cl)cc1. The summed E-state index contributed by atoms with van der Waals surface area (Å²) in [5, 5.41) is 3.36. The van der Waals surface area contributed by atoms with Crippen molar-refractivity contribution in [1.29, 1.82) is 0 Å². The Morgan fingerprint density at radius 3 is 2.63 bits per heavy atom. The van der Waals surface area contributed by atoms with E-state index in [2.05, 4.69) is 15.8 Å². The van der Waals surface area contributed by atoms with Crippen molar-refractivity contribution in [1.82, 2.24) is 5.48 Å². The molecule has 2 aromatic rings. The summed E-state index contributed by atoms with van der Waals surface area (Å²) in [6, 6.07) is 10.2. The molecule has 4 N–H and O–H groups in total. The number of hydrogen-bond donors (Lipinski definition) is 3. The molecule has 0 aromatic heterocycles. The Bertz CT molecular complexity index is 940. The Labute approximate surface area is 176 Å². The Balaban J connectivity index is 1.62. The lowest BCUT2D eigenvalue weighted by molar-refractivity contribution is -0.117. The maximum atomic E-state index is 14.3. The first-order valence-corrected chi connectivity index (χ1v) is 9.52. The molecule has 0 aliphatic heterocycles. The molecule has 30 heavy (non-hydrogen) atoms. The van der Waals surface area contributed by atoms with Gasteiger partial charge in [0, 0.05) is 16.6 Å². The Morgan fingerprint density at radius 2 is 1.97 bits per heavy atom. The van der Waals surface area contributed by atoms with E-state index < -0.39 is 24.3 Å². The van der Waals surface area contributed by atoms with Gasteiger partial charge in [-0.05, 0) is 54.8 Å². The van der Waals surface area contributed by atoms with Crippen LogP contribution >= 0.6 is 11.6 Å². The molecule has 0 bridgehead atoms. The zero-order chi connectivity index (χ0) is 21.8. The van der Waals surface area contributed by atoms with Gasteiger partial charge in [0.1, 0.15) is 5.82 Å². The first-order valence-electron chi connectivity index (χ1n) is 9.14. The van der Waals surface area contributed by atoms with Crippen LogP contribution in [-0.4, -0.2) is 24.5 Å². The normalized spacial score (nSPS) is 19.5. The predicted octanol–water partition coefficient (Wildman–Crippen LogP) is 4.14. The van der Waals surface area contributed by atoms with Crippen LogP contribution in [0, 0.1) is 5.82 Å². The van der Waals surface area contributed by atoms with Gasteiger partial charge in [0.05, 0.1) is 12.0 Å². The van der Waals surface area contributed by atoms with Crippen LogP contribution in [0.15, 0.2) is 47.5 Å². The monoisotopic (exact) mass is 440 g/mol. The highest BCUT2D eigenvalue weighted by atomic mass is 35.5. The third-order valence-corrected chi connectivity index (χ3v) is 5.01. The van der Waals surface area contributed by atoms with E-state index in [1.807, 2.05) is 0 Å². The summed E-state index contributed by atoms with van der Waals surface area (Å²) in [4.78, 5) is 20.0. The number of amides is 1. The number of amidine groups is 1. The van der Waals surface area contributed by atoms with Crippen molar-refractivity contribution >= 4 is 29.2 Å². The molecular weight excluding hydrogens is 421 g/mol. The molecule has 0 spiro atoms. The maximum absolute atomic E-state index is 14.3. The fourth-order valence-corrected chi connectivity index (χ4v) is 3.11. The van der Waals surface area contributed by atoms with Crippen molar-refractivity contribution in [2.45, 2.75) is 37.8 Å². The number of anilines is 1. The van der Waals surface area contributed by atoms with Crippen LogP contribution in [0.3, 0.4) is 0 Å². The summed E-state index contributed by atoms with van der Waals surface area (Å²) in [5.74, 6) is -1.38. The van der Waals surface area contributed by atoms with Crippen molar-refractivity contribution < 1.29 is 22.8 Å². The second kappa shape index (κ2) is 9.36. The molecule has 1 saturated carbocycles. The van der Waals surface area contributed by atoms with Crippen LogP contribution in [-0.2, 0) is 9.63 Å². The van der Waals surface area contributed by atoms with Crippen LogP contribution in [0.25, 0.3) is 0 Å². The average molecular weight is 441 g/mol. The van der Waals surface area contributed by atoms with E-state index in [9.17, 15) is 18.0 Å². The third-order valence-electron chi connectivity index (χ3n) is 4.76.